The lowest BCUT2D eigenvalue weighted by Gasteiger charge is -2.31. The molecule has 0 heterocycles. The molecule has 4 heteroatoms. The molecule has 1 amide bonds. The molecule has 0 aliphatic rings. The van der Waals surface area contributed by atoms with Crippen molar-refractivity contribution >= 4 is 12.0 Å². The van der Waals surface area contributed by atoms with Crippen molar-refractivity contribution in [3.05, 3.63) is 108 Å². The molecule has 3 aromatic rings. The number of nitriles is 1. The predicted octanol–water partition coefficient (Wildman–Crippen LogP) is 4.72. The lowest BCUT2D eigenvalue weighted by atomic mass is 9.76. The Balaban J connectivity index is 1.68. The molecule has 1 N–H and O–H groups in total. The number of benzene rings is 3. The normalized spacial score (nSPS) is 11.1. The number of nitrogens with zero attached hydrogens (tertiary/aromatic N) is 1. The van der Waals surface area contributed by atoms with Gasteiger partial charge < -0.3 is 10.1 Å². The van der Waals surface area contributed by atoms with E-state index < -0.39 is 0 Å². The largest absolute Gasteiger partial charge is 0.479 e. The maximum Gasteiger partial charge on any atom is 0.244 e. The van der Waals surface area contributed by atoms with Crippen molar-refractivity contribution in [3.63, 3.8) is 0 Å². The minimum absolute atomic E-state index is 0.0131. The number of amides is 1. The summed E-state index contributed by atoms with van der Waals surface area (Å²) in [5, 5.41) is 11.6. The van der Waals surface area contributed by atoms with Gasteiger partial charge in [0.25, 0.3) is 0 Å². The summed E-state index contributed by atoms with van der Waals surface area (Å²) in [6, 6.07) is 29.6. The van der Waals surface area contributed by atoms with E-state index in [1.807, 2.05) is 54.6 Å². The Morgan fingerprint density at radius 3 is 2.07 bits per heavy atom. The van der Waals surface area contributed by atoms with Crippen LogP contribution < -0.4 is 10.1 Å². The van der Waals surface area contributed by atoms with E-state index in [1.54, 1.807) is 18.2 Å². The first kappa shape index (κ1) is 20.9. The Labute approximate surface area is 177 Å². The van der Waals surface area contributed by atoms with Crippen molar-refractivity contribution in [3.8, 4) is 11.8 Å². The summed E-state index contributed by atoms with van der Waals surface area (Å²) >= 11 is 0. The standard InChI is InChI=1S/C26H24N2O2/c1-26(22-8-4-2-5-9-22,23-10-6-3-7-11-23)20-28-25(29)17-14-21-12-15-24(16-13-21)30-19-18-27/h2-17H,19-20H2,1H3,(H,28,29)/b17-14+. The van der Waals surface area contributed by atoms with Crippen molar-refractivity contribution in [2.75, 3.05) is 13.2 Å². The average Bonchev–Trinajstić information content (AvgIpc) is 2.81. The highest BCUT2D eigenvalue weighted by Gasteiger charge is 2.28. The zero-order valence-corrected chi connectivity index (χ0v) is 16.9. The summed E-state index contributed by atoms with van der Waals surface area (Å²) in [6.45, 7) is 2.63. The van der Waals surface area contributed by atoms with E-state index in [0.717, 1.165) is 16.7 Å². The second-order valence-electron chi connectivity index (χ2n) is 7.13. The number of hydrogen-bond donors (Lipinski definition) is 1. The zero-order valence-electron chi connectivity index (χ0n) is 16.9. The van der Waals surface area contributed by atoms with Crippen LogP contribution in [0, 0.1) is 11.3 Å². The summed E-state index contributed by atoms with van der Waals surface area (Å²) in [6.07, 6.45) is 3.29. The number of carbonyl (C=O) groups excluding carboxylic acids is 1. The van der Waals surface area contributed by atoms with Crippen LogP contribution in [0.3, 0.4) is 0 Å². The first-order valence-corrected chi connectivity index (χ1v) is 9.78. The molecule has 3 rings (SSSR count). The highest BCUT2D eigenvalue weighted by molar-refractivity contribution is 5.91. The third-order valence-electron chi connectivity index (χ3n) is 5.05. The summed E-state index contributed by atoms with van der Waals surface area (Å²) in [5.41, 5.74) is 2.83. The molecule has 150 valence electrons. The summed E-state index contributed by atoms with van der Waals surface area (Å²) < 4.78 is 5.23. The molecule has 0 saturated heterocycles. The van der Waals surface area contributed by atoms with Gasteiger partial charge in [0.15, 0.2) is 6.61 Å². The van der Waals surface area contributed by atoms with Crippen molar-refractivity contribution < 1.29 is 9.53 Å². The molecule has 4 nitrogen and oxygen atoms in total. The Morgan fingerprint density at radius 2 is 1.53 bits per heavy atom. The highest BCUT2D eigenvalue weighted by atomic mass is 16.5. The van der Waals surface area contributed by atoms with Gasteiger partial charge in [-0.1, -0.05) is 72.8 Å². The van der Waals surface area contributed by atoms with Gasteiger partial charge >= 0.3 is 0 Å². The fourth-order valence-electron chi connectivity index (χ4n) is 3.27. The van der Waals surface area contributed by atoms with E-state index in [0.29, 0.717) is 12.3 Å². The van der Waals surface area contributed by atoms with Crippen LogP contribution in [0.5, 0.6) is 5.75 Å². The van der Waals surface area contributed by atoms with Gasteiger partial charge in [0.1, 0.15) is 11.8 Å². The van der Waals surface area contributed by atoms with Crippen LogP contribution in [0.4, 0.5) is 0 Å². The molecule has 0 aliphatic carbocycles. The van der Waals surface area contributed by atoms with Crippen LogP contribution in [-0.2, 0) is 10.2 Å². The first-order chi connectivity index (χ1) is 14.6. The van der Waals surface area contributed by atoms with Crippen molar-refractivity contribution in [1.29, 1.82) is 5.26 Å². The molecule has 0 saturated carbocycles. The van der Waals surface area contributed by atoms with Gasteiger partial charge in [-0.3, -0.25) is 4.79 Å². The summed E-state index contributed by atoms with van der Waals surface area (Å²) in [7, 11) is 0. The lowest BCUT2D eigenvalue weighted by Crippen LogP contribution is -2.39. The van der Waals surface area contributed by atoms with E-state index in [1.165, 1.54) is 6.08 Å². The molecule has 0 radical (unpaired) electrons. The predicted molar refractivity (Wildman–Crippen MR) is 119 cm³/mol. The summed E-state index contributed by atoms with van der Waals surface area (Å²) in [5.74, 6) is 0.470. The fraction of sp³-hybridized carbons (Fsp3) is 0.154. The van der Waals surface area contributed by atoms with Gasteiger partial charge in [-0.05, 0) is 41.8 Å². The molecule has 0 atom stereocenters. The number of hydrogen-bond acceptors (Lipinski definition) is 3. The Kier molecular flexibility index (Phi) is 7.02. The van der Waals surface area contributed by atoms with Gasteiger partial charge in [0, 0.05) is 18.0 Å². The molecule has 0 fully saturated rings. The fourth-order valence-corrected chi connectivity index (χ4v) is 3.27. The van der Waals surface area contributed by atoms with E-state index in [-0.39, 0.29) is 17.9 Å². The van der Waals surface area contributed by atoms with Crippen molar-refractivity contribution in [2.45, 2.75) is 12.3 Å². The van der Waals surface area contributed by atoms with Crippen molar-refractivity contribution in [1.82, 2.24) is 5.32 Å². The van der Waals surface area contributed by atoms with Crippen LogP contribution in [0.15, 0.2) is 91.0 Å². The van der Waals surface area contributed by atoms with E-state index in [2.05, 4.69) is 36.5 Å². The number of ether oxygens (including phenoxy) is 1. The minimum atomic E-state index is -0.342. The quantitative estimate of drug-likeness (QED) is 0.560. The average molecular weight is 396 g/mol. The van der Waals surface area contributed by atoms with Crippen LogP contribution in [0.2, 0.25) is 0 Å². The van der Waals surface area contributed by atoms with Crippen LogP contribution in [-0.4, -0.2) is 19.1 Å². The third-order valence-corrected chi connectivity index (χ3v) is 5.05. The van der Waals surface area contributed by atoms with Gasteiger partial charge in [-0.25, -0.2) is 0 Å². The molecule has 3 aromatic carbocycles. The Bertz CT molecular complexity index is 981. The number of carbonyl (C=O) groups is 1. The number of rotatable bonds is 8. The van der Waals surface area contributed by atoms with Gasteiger partial charge in [-0.15, -0.1) is 0 Å². The second-order valence-corrected chi connectivity index (χ2v) is 7.13. The Morgan fingerprint density at radius 1 is 0.967 bits per heavy atom. The monoisotopic (exact) mass is 396 g/mol. The van der Waals surface area contributed by atoms with Crippen molar-refractivity contribution in [2.24, 2.45) is 0 Å². The molecular formula is C26H24N2O2. The van der Waals surface area contributed by atoms with Crippen LogP contribution in [0.25, 0.3) is 6.08 Å². The zero-order chi connectivity index (χ0) is 21.2. The van der Waals surface area contributed by atoms with E-state index >= 15 is 0 Å². The van der Waals surface area contributed by atoms with E-state index in [9.17, 15) is 4.79 Å². The molecule has 0 unspecified atom stereocenters. The van der Waals surface area contributed by atoms with Gasteiger partial charge in [0.05, 0.1) is 0 Å². The maximum absolute atomic E-state index is 12.5. The second kappa shape index (κ2) is 10.1. The first-order valence-electron chi connectivity index (χ1n) is 9.78. The minimum Gasteiger partial charge on any atom is -0.479 e. The van der Waals surface area contributed by atoms with Crippen LogP contribution >= 0.6 is 0 Å². The van der Waals surface area contributed by atoms with E-state index in [4.69, 9.17) is 10.00 Å². The SMILES string of the molecule is CC(CNC(=O)/C=C/c1ccc(OCC#N)cc1)(c1ccccc1)c1ccccc1. The third kappa shape index (κ3) is 5.36. The maximum atomic E-state index is 12.5. The molecule has 0 aliphatic heterocycles. The topological polar surface area (TPSA) is 62.1 Å². The Hall–Kier alpha value is -3.84. The highest BCUT2D eigenvalue weighted by Crippen LogP contribution is 2.31. The van der Waals surface area contributed by atoms with Crippen LogP contribution in [0.1, 0.15) is 23.6 Å². The molecule has 0 spiro atoms. The molecular weight excluding hydrogens is 372 g/mol. The summed E-state index contributed by atoms with van der Waals surface area (Å²) in [4.78, 5) is 12.5. The smallest absolute Gasteiger partial charge is 0.244 e. The molecule has 0 aromatic heterocycles. The van der Waals surface area contributed by atoms with Gasteiger partial charge in [-0.2, -0.15) is 5.26 Å². The molecule has 30 heavy (non-hydrogen) atoms. The number of nitrogens with one attached hydrogen (secondary N) is 1. The molecule has 0 bridgehead atoms. The van der Waals surface area contributed by atoms with Gasteiger partial charge in [0.2, 0.25) is 5.91 Å². The lowest BCUT2D eigenvalue weighted by molar-refractivity contribution is -0.116.